The summed E-state index contributed by atoms with van der Waals surface area (Å²) < 4.78 is 1.96. The highest BCUT2D eigenvalue weighted by atomic mass is 15.0. The van der Waals surface area contributed by atoms with Gasteiger partial charge in [0, 0.05) is 31.4 Å². The van der Waals surface area contributed by atoms with E-state index in [-0.39, 0.29) is 0 Å². The highest BCUT2D eigenvalue weighted by Gasteiger charge is 1.84. The van der Waals surface area contributed by atoms with E-state index >= 15 is 0 Å². The van der Waals surface area contributed by atoms with Crippen LogP contribution in [-0.4, -0.2) is 9.55 Å². The third-order valence-electron chi connectivity index (χ3n) is 1.16. The Bertz CT molecular complexity index is 227. The molecular weight excluding hydrogens is 126 g/mol. The zero-order valence-electron chi connectivity index (χ0n) is 5.62. The number of imidazole rings is 1. The van der Waals surface area contributed by atoms with Crippen LogP contribution in [0.2, 0.25) is 0 Å². The average molecular weight is 135 g/mol. The minimum atomic E-state index is 0.785. The van der Waals surface area contributed by atoms with Crippen LogP contribution in [0.15, 0.2) is 18.7 Å². The molecule has 0 atom stereocenters. The summed E-state index contributed by atoms with van der Waals surface area (Å²) in [6.07, 6.45) is 6.19. The van der Waals surface area contributed by atoms with Crippen molar-refractivity contribution in [1.82, 2.24) is 9.55 Å². The van der Waals surface area contributed by atoms with Gasteiger partial charge >= 0.3 is 0 Å². The standard InChI is InChI=1S/C7H9N3/c8-3-1-2-5-10-6-4-9-7-10/h4,6-7H,2,5,8H2. The molecule has 3 heteroatoms. The van der Waals surface area contributed by atoms with Crippen molar-refractivity contribution in [1.29, 1.82) is 0 Å². The predicted molar refractivity (Wildman–Crippen MR) is 38.8 cm³/mol. The first-order chi connectivity index (χ1) is 4.93. The van der Waals surface area contributed by atoms with Gasteiger partial charge in [-0.2, -0.15) is 0 Å². The molecule has 0 saturated carbocycles. The number of nitrogens with two attached hydrogens (primary N) is 1. The van der Waals surface area contributed by atoms with Gasteiger partial charge in [-0.15, -0.1) is 0 Å². The zero-order valence-corrected chi connectivity index (χ0v) is 5.62. The van der Waals surface area contributed by atoms with Crippen LogP contribution in [0, 0.1) is 12.0 Å². The number of aryl methyl sites for hydroxylation is 1. The molecular formula is C7H9N3. The van der Waals surface area contributed by atoms with Crippen molar-refractivity contribution < 1.29 is 0 Å². The molecule has 1 aromatic rings. The molecule has 0 saturated heterocycles. The van der Waals surface area contributed by atoms with E-state index in [1.54, 1.807) is 12.5 Å². The van der Waals surface area contributed by atoms with Gasteiger partial charge in [-0.05, 0) is 0 Å². The van der Waals surface area contributed by atoms with E-state index in [0.717, 1.165) is 13.0 Å². The minimum Gasteiger partial charge on any atom is -0.359 e. The highest BCUT2D eigenvalue weighted by Crippen LogP contribution is 1.87. The molecule has 0 aliphatic heterocycles. The van der Waals surface area contributed by atoms with E-state index in [1.807, 2.05) is 10.8 Å². The second-order valence-corrected chi connectivity index (χ2v) is 1.87. The van der Waals surface area contributed by atoms with Crippen LogP contribution >= 0.6 is 0 Å². The molecule has 1 heterocycles. The fraction of sp³-hybridized carbons (Fsp3) is 0.286. The SMILES string of the molecule is NC#CCCn1ccnc1. The van der Waals surface area contributed by atoms with E-state index in [1.165, 1.54) is 0 Å². The summed E-state index contributed by atoms with van der Waals surface area (Å²) >= 11 is 0. The van der Waals surface area contributed by atoms with Crippen molar-refractivity contribution >= 4 is 0 Å². The van der Waals surface area contributed by atoms with Crippen LogP contribution in [0.1, 0.15) is 6.42 Å². The quantitative estimate of drug-likeness (QED) is 0.465. The number of hydrogen-bond donors (Lipinski definition) is 1. The van der Waals surface area contributed by atoms with Crippen molar-refractivity contribution in [3.8, 4) is 12.0 Å². The molecule has 1 rings (SSSR count). The van der Waals surface area contributed by atoms with Gasteiger partial charge in [0.05, 0.1) is 6.33 Å². The molecule has 0 unspecified atom stereocenters. The molecule has 2 N–H and O–H groups in total. The number of rotatable bonds is 2. The molecule has 0 fully saturated rings. The maximum atomic E-state index is 4.98. The topological polar surface area (TPSA) is 43.8 Å². The van der Waals surface area contributed by atoms with Crippen molar-refractivity contribution in [2.75, 3.05) is 0 Å². The fourth-order valence-corrected chi connectivity index (χ4v) is 0.676. The summed E-state index contributed by atoms with van der Waals surface area (Å²) in [5, 5.41) is 0. The van der Waals surface area contributed by atoms with E-state index in [9.17, 15) is 0 Å². The Hall–Kier alpha value is -1.43. The number of nitrogens with zero attached hydrogens (tertiary/aromatic N) is 2. The van der Waals surface area contributed by atoms with Gasteiger partial charge in [-0.3, -0.25) is 0 Å². The van der Waals surface area contributed by atoms with Crippen molar-refractivity contribution in [3.63, 3.8) is 0 Å². The summed E-state index contributed by atoms with van der Waals surface area (Å²) in [4.78, 5) is 3.88. The zero-order chi connectivity index (χ0) is 7.23. The second kappa shape index (κ2) is 3.57. The Labute approximate surface area is 59.9 Å². The summed E-state index contributed by atoms with van der Waals surface area (Å²) in [6, 6.07) is 2.35. The van der Waals surface area contributed by atoms with Gasteiger partial charge in [0.2, 0.25) is 0 Å². The Morgan fingerprint density at radius 2 is 2.50 bits per heavy atom. The van der Waals surface area contributed by atoms with Gasteiger partial charge in [0.1, 0.15) is 0 Å². The summed E-state index contributed by atoms with van der Waals surface area (Å²) in [5.74, 6) is 2.77. The van der Waals surface area contributed by atoms with Crippen LogP contribution in [0.3, 0.4) is 0 Å². The average Bonchev–Trinajstić information content (AvgIpc) is 2.41. The Morgan fingerprint density at radius 3 is 3.10 bits per heavy atom. The number of hydrogen-bond acceptors (Lipinski definition) is 2. The third kappa shape index (κ3) is 1.82. The Kier molecular flexibility index (Phi) is 2.39. The lowest BCUT2D eigenvalue weighted by Gasteiger charge is -1.93. The van der Waals surface area contributed by atoms with Gasteiger partial charge in [0.15, 0.2) is 0 Å². The lowest BCUT2D eigenvalue weighted by atomic mass is 10.4. The van der Waals surface area contributed by atoms with Crippen LogP contribution < -0.4 is 5.73 Å². The molecule has 10 heavy (non-hydrogen) atoms. The Morgan fingerprint density at radius 1 is 1.60 bits per heavy atom. The molecule has 0 aromatic carbocycles. The first-order valence-electron chi connectivity index (χ1n) is 3.07. The summed E-state index contributed by atoms with van der Waals surface area (Å²) in [6.45, 7) is 0.865. The molecule has 0 aliphatic carbocycles. The molecule has 0 amide bonds. The van der Waals surface area contributed by atoms with Crippen molar-refractivity contribution in [2.45, 2.75) is 13.0 Å². The normalized spacial score (nSPS) is 8.40. The monoisotopic (exact) mass is 135 g/mol. The van der Waals surface area contributed by atoms with Gasteiger partial charge in [0.25, 0.3) is 0 Å². The summed E-state index contributed by atoms with van der Waals surface area (Å²) in [7, 11) is 0. The molecule has 0 bridgehead atoms. The highest BCUT2D eigenvalue weighted by molar-refractivity contribution is 4.93. The minimum absolute atomic E-state index is 0.785. The lowest BCUT2D eigenvalue weighted by molar-refractivity contribution is 0.718. The molecule has 1 aromatic heterocycles. The molecule has 52 valence electrons. The van der Waals surface area contributed by atoms with E-state index < -0.39 is 0 Å². The fourth-order valence-electron chi connectivity index (χ4n) is 0.676. The smallest absolute Gasteiger partial charge is 0.0946 e. The second-order valence-electron chi connectivity index (χ2n) is 1.87. The molecule has 0 spiro atoms. The van der Waals surface area contributed by atoms with E-state index in [4.69, 9.17) is 5.73 Å². The largest absolute Gasteiger partial charge is 0.359 e. The third-order valence-corrected chi connectivity index (χ3v) is 1.16. The Balaban J connectivity index is 2.32. The van der Waals surface area contributed by atoms with Gasteiger partial charge in [-0.1, -0.05) is 5.92 Å². The van der Waals surface area contributed by atoms with Crippen LogP contribution in [0.25, 0.3) is 0 Å². The lowest BCUT2D eigenvalue weighted by Crippen LogP contribution is -1.92. The van der Waals surface area contributed by atoms with Crippen LogP contribution in [0.4, 0.5) is 0 Å². The van der Waals surface area contributed by atoms with Crippen molar-refractivity contribution in [3.05, 3.63) is 18.7 Å². The molecule has 0 aliphatic rings. The maximum absolute atomic E-state index is 4.98. The first kappa shape index (κ1) is 6.69. The van der Waals surface area contributed by atoms with Crippen LogP contribution in [0.5, 0.6) is 0 Å². The van der Waals surface area contributed by atoms with Gasteiger partial charge in [-0.25, -0.2) is 4.98 Å². The van der Waals surface area contributed by atoms with E-state index in [2.05, 4.69) is 16.9 Å². The van der Waals surface area contributed by atoms with Gasteiger partial charge < -0.3 is 10.3 Å². The number of aromatic nitrogens is 2. The van der Waals surface area contributed by atoms with Crippen molar-refractivity contribution in [2.24, 2.45) is 5.73 Å². The molecule has 0 radical (unpaired) electrons. The predicted octanol–water partition coefficient (Wildman–Crippen LogP) is 0.193. The first-order valence-corrected chi connectivity index (χ1v) is 3.07. The van der Waals surface area contributed by atoms with E-state index in [0.29, 0.717) is 0 Å². The molecule has 3 nitrogen and oxygen atoms in total. The maximum Gasteiger partial charge on any atom is 0.0946 e. The van der Waals surface area contributed by atoms with Crippen LogP contribution in [-0.2, 0) is 6.54 Å². The summed E-state index contributed by atoms with van der Waals surface area (Å²) in [5.41, 5.74) is 4.98.